The van der Waals surface area contributed by atoms with Crippen molar-refractivity contribution in [1.82, 2.24) is 19.7 Å². The topological polar surface area (TPSA) is 87.0 Å². The van der Waals surface area contributed by atoms with Gasteiger partial charge in [-0.15, -0.1) is 0 Å². The fraction of sp³-hybridized carbons (Fsp3) is 0.455. The highest BCUT2D eigenvalue weighted by molar-refractivity contribution is 5.88. The van der Waals surface area contributed by atoms with Crippen LogP contribution in [0.5, 0.6) is 11.5 Å². The predicted octanol–water partition coefficient (Wildman–Crippen LogP) is 2.84. The third-order valence-corrected chi connectivity index (χ3v) is 5.98. The molecule has 2 aromatic rings. The maximum Gasteiger partial charge on any atom is 0.323 e. The van der Waals surface area contributed by atoms with Gasteiger partial charge in [0.25, 0.3) is 0 Å². The van der Waals surface area contributed by atoms with Gasteiger partial charge in [-0.25, -0.2) is 14.2 Å². The number of carbonyl (C=O) groups excluding carboxylic acids is 1. The van der Waals surface area contributed by atoms with E-state index in [2.05, 4.69) is 27.1 Å². The van der Waals surface area contributed by atoms with Gasteiger partial charge in [0, 0.05) is 63.6 Å². The number of urea groups is 1. The lowest BCUT2D eigenvalue weighted by Crippen LogP contribution is -2.53. The summed E-state index contributed by atoms with van der Waals surface area (Å²) in [4.78, 5) is 23.6. The zero-order valence-electron chi connectivity index (χ0n) is 17.8. The standard InChI is InChI=1S/C22H29FN6O2/c1-27-10-12-28(13-11-27)16-5-8-29(9-6-16)22(30)26-21-15-18(4-7-25-21)31-17-2-3-20(24)19(23)14-17/h2-4,7,14-16H,5-6,8-13,24H2,1H3,(H,25,26,30). The lowest BCUT2D eigenvalue weighted by molar-refractivity contribution is 0.0765. The van der Waals surface area contributed by atoms with Gasteiger partial charge < -0.3 is 20.3 Å². The van der Waals surface area contributed by atoms with Crippen LogP contribution in [0.4, 0.5) is 20.7 Å². The molecule has 2 aliphatic rings. The number of nitrogens with one attached hydrogen (secondary N) is 1. The van der Waals surface area contributed by atoms with E-state index in [0.717, 1.165) is 52.1 Å². The third kappa shape index (κ3) is 5.42. The summed E-state index contributed by atoms with van der Waals surface area (Å²) in [5, 5.41) is 2.84. The van der Waals surface area contributed by atoms with Crippen LogP contribution in [0.25, 0.3) is 0 Å². The minimum absolute atomic E-state index is 0.0615. The number of pyridine rings is 1. The van der Waals surface area contributed by atoms with E-state index in [9.17, 15) is 9.18 Å². The monoisotopic (exact) mass is 428 g/mol. The predicted molar refractivity (Wildman–Crippen MR) is 118 cm³/mol. The molecule has 1 aromatic heterocycles. The molecular formula is C22H29FN6O2. The molecule has 0 spiro atoms. The molecule has 31 heavy (non-hydrogen) atoms. The van der Waals surface area contributed by atoms with Crippen LogP contribution in [-0.2, 0) is 0 Å². The quantitative estimate of drug-likeness (QED) is 0.729. The molecule has 0 radical (unpaired) electrons. The number of carbonyl (C=O) groups is 1. The van der Waals surface area contributed by atoms with Crippen LogP contribution in [-0.4, -0.2) is 78.1 Å². The van der Waals surface area contributed by atoms with Crippen LogP contribution in [0.1, 0.15) is 12.8 Å². The molecule has 3 heterocycles. The summed E-state index contributed by atoms with van der Waals surface area (Å²) < 4.78 is 19.3. The largest absolute Gasteiger partial charge is 0.457 e. The Kier molecular flexibility index (Phi) is 6.53. The Morgan fingerprint density at radius 3 is 2.52 bits per heavy atom. The first-order valence-corrected chi connectivity index (χ1v) is 10.7. The van der Waals surface area contributed by atoms with Crippen molar-refractivity contribution in [1.29, 1.82) is 0 Å². The first-order valence-electron chi connectivity index (χ1n) is 10.7. The van der Waals surface area contributed by atoms with Crippen LogP contribution in [0.15, 0.2) is 36.5 Å². The summed E-state index contributed by atoms with van der Waals surface area (Å²) in [6.07, 6.45) is 3.51. The van der Waals surface area contributed by atoms with E-state index in [1.54, 1.807) is 18.2 Å². The normalized spacial score (nSPS) is 18.7. The number of likely N-dealkylation sites (N-methyl/N-ethyl adjacent to an activating group) is 1. The zero-order chi connectivity index (χ0) is 21.8. The van der Waals surface area contributed by atoms with Crippen molar-refractivity contribution < 1.29 is 13.9 Å². The highest BCUT2D eigenvalue weighted by atomic mass is 19.1. The number of rotatable bonds is 4. The van der Waals surface area contributed by atoms with E-state index in [4.69, 9.17) is 10.5 Å². The number of piperazine rings is 1. The average Bonchev–Trinajstić information content (AvgIpc) is 2.77. The molecule has 0 aliphatic carbocycles. The molecule has 2 aliphatic heterocycles. The Balaban J connectivity index is 1.30. The Morgan fingerprint density at radius 2 is 1.81 bits per heavy atom. The highest BCUT2D eigenvalue weighted by Crippen LogP contribution is 2.26. The van der Waals surface area contributed by atoms with E-state index in [-0.39, 0.29) is 11.7 Å². The second-order valence-corrected chi connectivity index (χ2v) is 8.15. The minimum atomic E-state index is -0.542. The number of hydrogen-bond acceptors (Lipinski definition) is 6. The third-order valence-electron chi connectivity index (χ3n) is 5.98. The second-order valence-electron chi connectivity index (χ2n) is 8.15. The Hall–Kier alpha value is -2.91. The number of anilines is 2. The lowest BCUT2D eigenvalue weighted by atomic mass is 10.0. The van der Waals surface area contributed by atoms with E-state index in [1.165, 1.54) is 18.3 Å². The van der Waals surface area contributed by atoms with Crippen molar-refractivity contribution in [2.75, 3.05) is 57.4 Å². The molecule has 2 amide bonds. The number of ether oxygens (including phenoxy) is 1. The molecule has 0 bridgehead atoms. The number of aromatic nitrogens is 1. The smallest absolute Gasteiger partial charge is 0.323 e. The van der Waals surface area contributed by atoms with Crippen molar-refractivity contribution in [2.24, 2.45) is 0 Å². The minimum Gasteiger partial charge on any atom is -0.457 e. The number of benzene rings is 1. The van der Waals surface area contributed by atoms with Crippen molar-refractivity contribution in [2.45, 2.75) is 18.9 Å². The van der Waals surface area contributed by atoms with E-state index < -0.39 is 5.82 Å². The lowest BCUT2D eigenvalue weighted by Gasteiger charge is -2.42. The van der Waals surface area contributed by atoms with Gasteiger partial charge in [0.2, 0.25) is 0 Å². The molecule has 166 valence electrons. The van der Waals surface area contributed by atoms with Gasteiger partial charge in [-0.3, -0.25) is 10.2 Å². The molecule has 9 heteroatoms. The summed E-state index contributed by atoms with van der Waals surface area (Å²) in [7, 11) is 2.16. The number of piperidine rings is 1. The molecule has 4 rings (SSSR count). The number of nitrogens with zero attached hydrogens (tertiary/aromatic N) is 4. The molecule has 0 atom stereocenters. The van der Waals surface area contributed by atoms with Crippen molar-refractivity contribution >= 4 is 17.5 Å². The first kappa shape index (κ1) is 21.3. The molecule has 2 saturated heterocycles. The number of likely N-dealkylation sites (tertiary alicyclic amines) is 1. The van der Waals surface area contributed by atoms with Gasteiger partial charge in [-0.1, -0.05) is 0 Å². The van der Waals surface area contributed by atoms with E-state index >= 15 is 0 Å². The summed E-state index contributed by atoms with van der Waals surface area (Å²) in [5.74, 6) is 0.615. The van der Waals surface area contributed by atoms with Gasteiger partial charge in [0.1, 0.15) is 23.1 Å². The number of halogens is 1. The van der Waals surface area contributed by atoms with Crippen LogP contribution in [0.3, 0.4) is 0 Å². The highest BCUT2D eigenvalue weighted by Gasteiger charge is 2.28. The molecule has 8 nitrogen and oxygen atoms in total. The van der Waals surface area contributed by atoms with Crippen molar-refractivity contribution in [3.05, 3.63) is 42.3 Å². The molecule has 1 aromatic carbocycles. The number of amides is 2. The molecule has 0 unspecified atom stereocenters. The van der Waals surface area contributed by atoms with Crippen LogP contribution >= 0.6 is 0 Å². The maximum atomic E-state index is 13.6. The average molecular weight is 429 g/mol. The maximum absolute atomic E-state index is 13.6. The van der Waals surface area contributed by atoms with E-state index in [1.807, 2.05) is 4.90 Å². The fourth-order valence-electron chi connectivity index (χ4n) is 4.06. The molecule has 3 N–H and O–H groups in total. The van der Waals surface area contributed by atoms with Gasteiger partial charge in [0.05, 0.1) is 5.69 Å². The molecule has 0 saturated carbocycles. The number of nitrogen functional groups attached to an aromatic ring is 1. The van der Waals surface area contributed by atoms with Gasteiger partial charge >= 0.3 is 6.03 Å². The zero-order valence-corrected chi connectivity index (χ0v) is 17.8. The van der Waals surface area contributed by atoms with Crippen molar-refractivity contribution in [3.63, 3.8) is 0 Å². The van der Waals surface area contributed by atoms with Crippen molar-refractivity contribution in [3.8, 4) is 11.5 Å². The first-order chi connectivity index (χ1) is 15.0. The van der Waals surface area contributed by atoms with Gasteiger partial charge in [-0.2, -0.15) is 0 Å². The fourth-order valence-corrected chi connectivity index (χ4v) is 4.06. The summed E-state index contributed by atoms with van der Waals surface area (Å²) in [6.45, 7) is 5.86. The Labute approximate surface area is 181 Å². The van der Waals surface area contributed by atoms with Crippen LogP contribution in [0, 0.1) is 5.82 Å². The Bertz CT molecular complexity index is 911. The SMILES string of the molecule is CN1CCN(C2CCN(C(=O)Nc3cc(Oc4ccc(N)c(F)c4)ccn3)CC2)CC1. The van der Waals surface area contributed by atoms with Gasteiger partial charge in [0.15, 0.2) is 0 Å². The summed E-state index contributed by atoms with van der Waals surface area (Å²) >= 11 is 0. The number of hydrogen-bond donors (Lipinski definition) is 2. The van der Waals surface area contributed by atoms with Crippen LogP contribution < -0.4 is 15.8 Å². The molecular weight excluding hydrogens is 399 g/mol. The van der Waals surface area contributed by atoms with Gasteiger partial charge in [-0.05, 0) is 38.1 Å². The second kappa shape index (κ2) is 9.49. The Morgan fingerprint density at radius 1 is 1.10 bits per heavy atom. The molecule has 2 fully saturated rings. The summed E-state index contributed by atoms with van der Waals surface area (Å²) in [5.41, 5.74) is 5.55. The number of nitrogens with two attached hydrogens (primary N) is 1. The van der Waals surface area contributed by atoms with E-state index in [0.29, 0.717) is 23.4 Å². The van der Waals surface area contributed by atoms with Crippen LogP contribution in [0.2, 0.25) is 0 Å². The summed E-state index contributed by atoms with van der Waals surface area (Å²) in [6, 6.07) is 7.89.